The zero-order valence-electron chi connectivity index (χ0n) is 10.7. The molecule has 0 aromatic carbocycles. The van der Waals surface area contributed by atoms with Crippen molar-refractivity contribution in [2.24, 2.45) is 5.92 Å². The number of carbonyl (C=O) groups excluding carboxylic acids is 1. The fourth-order valence-corrected chi connectivity index (χ4v) is 3.61. The molecule has 1 fully saturated rings. The SMILES string of the molecule is CCC(Br)C(=O)NC(c1cccs1)C1CCCC1. The molecular weight excluding hydrogens is 310 g/mol. The Bertz CT molecular complexity index is 373. The van der Waals surface area contributed by atoms with Gasteiger partial charge < -0.3 is 5.32 Å². The Labute approximate surface area is 121 Å². The van der Waals surface area contributed by atoms with Gasteiger partial charge in [-0.2, -0.15) is 0 Å². The number of amides is 1. The third-order valence-electron chi connectivity index (χ3n) is 3.66. The number of thiophene rings is 1. The molecule has 2 atom stereocenters. The van der Waals surface area contributed by atoms with Gasteiger partial charge >= 0.3 is 0 Å². The van der Waals surface area contributed by atoms with Crippen LogP contribution in [-0.2, 0) is 4.79 Å². The van der Waals surface area contributed by atoms with E-state index in [0.717, 1.165) is 6.42 Å². The van der Waals surface area contributed by atoms with E-state index in [2.05, 4.69) is 38.8 Å². The number of hydrogen-bond acceptors (Lipinski definition) is 2. The van der Waals surface area contributed by atoms with Crippen molar-refractivity contribution in [3.05, 3.63) is 22.4 Å². The van der Waals surface area contributed by atoms with E-state index in [1.54, 1.807) is 11.3 Å². The molecule has 18 heavy (non-hydrogen) atoms. The van der Waals surface area contributed by atoms with Crippen LogP contribution in [-0.4, -0.2) is 10.7 Å². The summed E-state index contributed by atoms with van der Waals surface area (Å²) in [5, 5.41) is 5.33. The smallest absolute Gasteiger partial charge is 0.234 e. The van der Waals surface area contributed by atoms with Crippen molar-refractivity contribution in [3.63, 3.8) is 0 Å². The fourth-order valence-electron chi connectivity index (χ4n) is 2.61. The molecule has 2 rings (SSSR count). The molecule has 0 spiro atoms. The second-order valence-corrected chi connectivity index (χ2v) is 7.01. The predicted molar refractivity (Wildman–Crippen MR) is 80.2 cm³/mol. The van der Waals surface area contributed by atoms with Crippen molar-refractivity contribution >= 4 is 33.2 Å². The number of alkyl halides is 1. The van der Waals surface area contributed by atoms with Crippen LogP contribution >= 0.6 is 27.3 Å². The lowest BCUT2D eigenvalue weighted by atomic mass is 9.96. The summed E-state index contributed by atoms with van der Waals surface area (Å²) in [6.07, 6.45) is 5.90. The third kappa shape index (κ3) is 3.35. The first-order valence-corrected chi connectivity index (χ1v) is 8.49. The minimum absolute atomic E-state index is 0.0682. The lowest BCUT2D eigenvalue weighted by molar-refractivity contribution is -0.121. The Kier molecular flexibility index (Phi) is 5.25. The van der Waals surface area contributed by atoms with Gasteiger partial charge in [-0.3, -0.25) is 4.79 Å². The lowest BCUT2D eigenvalue weighted by Crippen LogP contribution is -2.36. The van der Waals surface area contributed by atoms with Gasteiger partial charge in [0.05, 0.1) is 10.9 Å². The molecule has 4 heteroatoms. The largest absolute Gasteiger partial charge is 0.347 e. The summed E-state index contributed by atoms with van der Waals surface area (Å²) in [4.78, 5) is 13.3. The van der Waals surface area contributed by atoms with E-state index in [0.29, 0.717) is 5.92 Å². The molecule has 0 aliphatic heterocycles. The Hall–Kier alpha value is -0.350. The summed E-state index contributed by atoms with van der Waals surface area (Å²) in [5.41, 5.74) is 0. The van der Waals surface area contributed by atoms with Crippen molar-refractivity contribution in [2.45, 2.75) is 49.9 Å². The van der Waals surface area contributed by atoms with Crippen molar-refractivity contribution in [3.8, 4) is 0 Å². The highest BCUT2D eigenvalue weighted by atomic mass is 79.9. The molecule has 0 radical (unpaired) electrons. The van der Waals surface area contributed by atoms with Crippen LogP contribution in [0.1, 0.15) is 49.9 Å². The third-order valence-corrected chi connectivity index (χ3v) is 5.68. The molecule has 0 bridgehead atoms. The highest BCUT2D eigenvalue weighted by molar-refractivity contribution is 9.10. The minimum atomic E-state index is -0.0682. The number of nitrogens with one attached hydrogen (secondary N) is 1. The molecule has 0 saturated heterocycles. The molecule has 100 valence electrons. The summed E-state index contributed by atoms with van der Waals surface area (Å²) >= 11 is 5.18. The molecule has 2 unspecified atom stereocenters. The molecular formula is C14H20BrNOS. The van der Waals surface area contributed by atoms with Gasteiger partial charge in [0, 0.05) is 4.88 Å². The Morgan fingerprint density at radius 2 is 2.28 bits per heavy atom. The Balaban J connectivity index is 2.07. The monoisotopic (exact) mass is 329 g/mol. The molecule has 1 amide bonds. The summed E-state index contributed by atoms with van der Waals surface area (Å²) in [5.74, 6) is 0.743. The van der Waals surface area contributed by atoms with E-state index in [1.165, 1.54) is 30.6 Å². The summed E-state index contributed by atoms with van der Waals surface area (Å²) in [7, 11) is 0. The average molecular weight is 330 g/mol. The van der Waals surface area contributed by atoms with Crippen LogP contribution in [0.15, 0.2) is 17.5 Å². The maximum Gasteiger partial charge on any atom is 0.234 e. The first-order chi connectivity index (χ1) is 8.72. The van der Waals surface area contributed by atoms with Gasteiger partial charge in [-0.1, -0.05) is 41.8 Å². The Morgan fingerprint density at radius 3 is 2.83 bits per heavy atom. The molecule has 1 saturated carbocycles. The summed E-state index contributed by atoms with van der Waals surface area (Å²) in [6.45, 7) is 2.02. The Morgan fingerprint density at radius 1 is 1.56 bits per heavy atom. The number of hydrogen-bond donors (Lipinski definition) is 1. The number of rotatable bonds is 5. The van der Waals surface area contributed by atoms with Crippen molar-refractivity contribution in [1.82, 2.24) is 5.32 Å². The van der Waals surface area contributed by atoms with Gasteiger partial charge in [-0.15, -0.1) is 11.3 Å². The summed E-state index contributed by atoms with van der Waals surface area (Å²) < 4.78 is 0. The molecule has 2 nitrogen and oxygen atoms in total. The second-order valence-electron chi connectivity index (χ2n) is 4.92. The number of halogens is 1. The maximum absolute atomic E-state index is 12.1. The first-order valence-electron chi connectivity index (χ1n) is 6.70. The standard InChI is InChI=1S/C14H20BrNOS/c1-2-11(15)14(17)16-13(10-6-3-4-7-10)12-8-5-9-18-12/h5,8-11,13H,2-4,6-7H2,1H3,(H,16,17). The number of carbonyl (C=O) groups is 1. The molecule has 1 aromatic rings. The van der Waals surface area contributed by atoms with Crippen LogP contribution in [0, 0.1) is 5.92 Å². The van der Waals surface area contributed by atoms with Crippen LogP contribution in [0.4, 0.5) is 0 Å². The van der Waals surface area contributed by atoms with Crippen LogP contribution in [0.5, 0.6) is 0 Å². The van der Waals surface area contributed by atoms with Crippen LogP contribution in [0.25, 0.3) is 0 Å². The van der Waals surface area contributed by atoms with Crippen LogP contribution in [0.2, 0.25) is 0 Å². The van der Waals surface area contributed by atoms with Gasteiger partial charge in [-0.25, -0.2) is 0 Å². The first kappa shape index (κ1) is 14.1. The van der Waals surface area contributed by atoms with Gasteiger partial charge in [-0.05, 0) is 36.6 Å². The van der Waals surface area contributed by atoms with Crippen molar-refractivity contribution < 1.29 is 4.79 Å². The van der Waals surface area contributed by atoms with Gasteiger partial charge in [0.2, 0.25) is 5.91 Å². The topological polar surface area (TPSA) is 29.1 Å². The zero-order chi connectivity index (χ0) is 13.0. The zero-order valence-corrected chi connectivity index (χ0v) is 13.1. The molecule has 1 N–H and O–H groups in total. The van der Waals surface area contributed by atoms with E-state index < -0.39 is 0 Å². The normalized spacial score (nSPS) is 19.7. The minimum Gasteiger partial charge on any atom is -0.347 e. The average Bonchev–Trinajstić information content (AvgIpc) is 3.06. The molecule has 1 heterocycles. The van der Waals surface area contributed by atoms with Gasteiger partial charge in [0.25, 0.3) is 0 Å². The predicted octanol–water partition coefficient (Wildman–Crippen LogP) is 4.27. The van der Waals surface area contributed by atoms with Crippen LogP contribution in [0.3, 0.4) is 0 Å². The summed E-state index contributed by atoms with van der Waals surface area (Å²) in [6, 6.07) is 4.43. The van der Waals surface area contributed by atoms with Gasteiger partial charge in [0.1, 0.15) is 0 Å². The van der Waals surface area contributed by atoms with Crippen molar-refractivity contribution in [2.75, 3.05) is 0 Å². The molecule has 1 aliphatic rings. The van der Waals surface area contributed by atoms with E-state index in [-0.39, 0.29) is 16.8 Å². The van der Waals surface area contributed by atoms with Gasteiger partial charge in [0.15, 0.2) is 0 Å². The van der Waals surface area contributed by atoms with E-state index >= 15 is 0 Å². The molecule has 1 aromatic heterocycles. The van der Waals surface area contributed by atoms with Crippen molar-refractivity contribution in [1.29, 1.82) is 0 Å². The molecule has 1 aliphatic carbocycles. The highest BCUT2D eigenvalue weighted by Crippen LogP contribution is 2.37. The van der Waals surface area contributed by atoms with E-state index in [4.69, 9.17) is 0 Å². The van der Waals surface area contributed by atoms with E-state index in [1.807, 2.05) is 6.92 Å². The second kappa shape index (κ2) is 6.71. The lowest BCUT2D eigenvalue weighted by Gasteiger charge is -2.24. The highest BCUT2D eigenvalue weighted by Gasteiger charge is 2.29. The van der Waals surface area contributed by atoms with E-state index in [9.17, 15) is 4.79 Å². The maximum atomic E-state index is 12.1. The van der Waals surface area contributed by atoms with Crippen LogP contribution < -0.4 is 5.32 Å². The quantitative estimate of drug-likeness (QED) is 0.803. The fraction of sp³-hybridized carbons (Fsp3) is 0.643.